The fourth-order valence-electron chi connectivity index (χ4n) is 1.40. The first-order chi connectivity index (χ1) is 8.60. The van der Waals surface area contributed by atoms with Crippen LogP contribution in [0.5, 0.6) is 5.75 Å². The molecule has 6 nitrogen and oxygen atoms in total. The van der Waals surface area contributed by atoms with Gasteiger partial charge in [-0.05, 0) is 12.1 Å². The number of esters is 1. The average molecular weight is 252 g/mol. The molecular weight excluding hydrogens is 236 g/mol. The van der Waals surface area contributed by atoms with Crippen LogP contribution in [0.15, 0.2) is 18.2 Å². The van der Waals surface area contributed by atoms with E-state index in [0.29, 0.717) is 11.3 Å². The third-order valence-electron chi connectivity index (χ3n) is 2.37. The number of carbonyl (C=O) groups is 2. The maximum Gasteiger partial charge on any atom is 0.307 e. The van der Waals surface area contributed by atoms with Crippen molar-refractivity contribution < 1.29 is 19.1 Å². The molecule has 98 valence electrons. The van der Waals surface area contributed by atoms with Crippen LogP contribution in [0.1, 0.15) is 16.8 Å². The molecule has 0 aliphatic rings. The van der Waals surface area contributed by atoms with E-state index in [9.17, 15) is 9.59 Å². The van der Waals surface area contributed by atoms with Crippen molar-refractivity contribution in [1.29, 1.82) is 0 Å². The Kier molecular flexibility index (Phi) is 4.98. The van der Waals surface area contributed by atoms with Crippen LogP contribution in [0, 0.1) is 0 Å². The number of nitrogens with two attached hydrogens (primary N) is 1. The van der Waals surface area contributed by atoms with Gasteiger partial charge in [0.2, 0.25) is 0 Å². The number of rotatable bonds is 5. The minimum Gasteiger partial charge on any atom is -0.495 e. The predicted octanol–water partition coefficient (Wildman–Crippen LogP) is 0.570. The number of para-hydroxylation sites is 1. The molecule has 1 amide bonds. The number of carbonyl (C=O) groups excluding carboxylic acids is 2. The monoisotopic (exact) mass is 252 g/mol. The molecule has 0 bridgehead atoms. The molecule has 0 radical (unpaired) electrons. The Morgan fingerprint density at radius 2 is 2.06 bits per heavy atom. The highest BCUT2D eigenvalue weighted by Gasteiger charge is 2.12. The Morgan fingerprint density at radius 3 is 2.67 bits per heavy atom. The number of hydrogen-bond acceptors (Lipinski definition) is 5. The first kappa shape index (κ1) is 13.8. The first-order valence-electron chi connectivity index (χ1n) is 5.37. The van der Waals surface area contributed by atoms with Crippen LogP contribution in [-0.4, -0.2) is 32.6 Å². The lowest BCUT2D eigenvalue weighted by Gasteiger charge is -2.10. The highest BCUT2D eigenvalue weighted by molar-refractivity contribution is 6.00. The largest absolute Gasteiger partial charge is 0.495 e. The summed E-state index contributed by atoms with van der Waals surface area (Å²) in [6.07, 6.45) is 0.117. The molecule has 3 N–H and O–H groups in total. The van der Waals surface area contributed by atoms with Gasteiger partial charge in [0.1, 0.15) is 5.75 Å². The van der Waals surface area contributed by atoms with Crippen LogP contribution in [0.25, 0.3) is 0 Å². The molecule has 0 spiro atoms. The lowest BCUT2D eigenvalue weighted by molar-refractivity contribution is -0.140. The van der Waals surface area contributed by atoms with Gasteiger partial charge in [0.25, 0.3) is 5.91 Å². The van der Waals surface area contributed by atoms with Gasteiger partial charge in [0, 0.05) is 6.54 Å². The summed E-state index contributed by atoms with van der Waals surface area (Å²) < 4.78 is 9.48. The van der Waals surface area contributed by atoms with Gasteiger partial charge >= 0.3 is 5.97 Å². The van der Waals surface area contributed by atoms with Gasteiger partial charge in [-0.15, -0.1) is 0 Å². The topological polar surface area (TPSA) is 90.6 Å². The zero-order valence-electron chi connectivity index (χ0n) is 10.4. The second-order valence-corrected chi connectivity index (χ2v) is 3.50. The highest BCUT2D eigenvalue weighted by Crippen LogP contribution is 2.24. The summed E-state index contributed by atoms with van der Waals surface area (Å²) in [6.45, 7) is 0.197. The summed E-state index contributed by atoms with van der Waals surface area (Å²) >= 11 is 0. The number of nitrogen functional groups attached to an aromatic ring is 1. The molecule has 0 atom stereocenters. The van der Waals surface area contributed by atoms with E-state index in [2.05, 4.69) is 10.1 Å². The second kappa shape index (κ2) is 6.48. The van der Waals surface area contributed by atoms with Gasteiger partial charge in [-0.25, -0.2) is 0 Å². The molecule has 0 aromatic heterocycles. The molecule has 0 aliphatic heterocycles. The number of hydrogen-bond donors (Lipinski definition) is 2. The molecule has 0 aliphatic carbocycles. The average Bonchev–Trinajstić information content (AvgIpc) is 2.38. The van der Waals surface area contributed by atoms with Crippen molar-refractivity contribution in [3.8, 4) is 5.75 Å². The Hall–Kier alpha value is -2.24. The number of nitrogens with one attached hydrogen (secondary N) is 1. The Bertz CT molecular complexity index is 446. The molecule has 1 rings (SSSR count). The fraction of sp³-hybridized carbons (Fsp3) is 0.333. The van der Waals surface area contributed by atoms with Crippen LogP contribution in [0.2, 0.25) is 0 Å². The Labute approximate surface area is 105 Å². The van der Waals surface area contributed by atoms with Crippen molar-refractivity contribution >= 4 is 17.6 Å². The molecule has 0 heterocycles. The summed E-state index contributed by atoms with van der Waals surface area (Å²) in [5.41, 5.74) is 6.37. The molecule has 1 aromatic rings. The smallest absolute Gasteiger partial charge is 0.307 e. The van der Waals surface area contributed by atoms with Crippen molar-refractivity contribution in [2.75, 3.05) is 26.5 Å². The SMILES string of the molecule is COC(=O)CCNC(=O)c1cccc(OC)c1N. The number of methoxy groups -OCH3 is 2. The summed E-state index contributed by atoms with van der Waals surface area (Å²) in [5, 5.41) is 2.58. The number of ether oxygens (including phenoxy) is 2. The van der Waals surface area contributed by atoms with Crippen LogP contribution >= 0.6 is 0 Å². The van der Waals surface area contributed by atoms with E-state index in [1.54, 1.807) is 18.2 Å². The minimum absolute atomic E-state index is 0.117. The Morgan fingerprint density at radius 1 is 1.33 bits per heavy atom. The van der Waals surface area contributed by atoms with E-state index in [0.717, 1.165) is 0 Å². The summed E-state index contributed by atoms with van der Waals surface area (Å²) in [7, 11) is 2.77. The lowest BCUT2D eigenvalue weighted by Crippen LogP contribution is -2.27. The minimum atomic E-state index is -0.381. The summed E-state index contributed by atoms with van der Waals surface area (Å²) in [4.78, 5) is 22.7. The van der Waals surface area contributed by atoms with Gasteiger partial charge in [0.05, 0.1) is 31.9 Å². The molecule has 0 saturated carbocycles. The third-order valence-corrected chi connectivity index (χ3v) is 2.37. The first-order valence-corrected chi connectivity index (χ1v) is 5.37. The van der Waals surface area contributed by atoms with E-state index in [-0.39, 0.29) is 30.5 Å². The zero-order valence-corrected chi connectivity index (χ0v) is 10.4. The predicted molar refractivity (Wildman–Crippen MR) is 66.4 cm³/mol. The van der Waals surface area contributed by atoms with Crippen molar-refractivity contribution in [2.45, 2.75) is 6.42 Å². The second-order valence-electron chi connectivity index (χ2n) is 3.50. The maximum absolute atomic E-state index is 11.8. The van der Waals surface area contributed by atoms with Crippen molar-refractivity contribution in [1.82, 2.24) is 5.32 Å². The van der Waals surface area contributed by atoms with Crippen LogP contribution in [-0.2, 0) is 9.53 Å². The van der Waals surface area contributed by atoms with Gasteiger partial charge < -0.3 is 20.5 Å². The number of amides is 1. The van der Waals surface area contributed by atoms with Gasteiger partial charge in [-0.1, -0.05) is 6.07 Å². The molecule has 18 heavy (non-hydrogen) atoms. The summed E-state index contributed by atoms with van der Waals surface area (Å²) in [6, 6.07) is 4.93. The van der Waals surface area contributed by atoms with Gasteiger partial charge in [-0.2, -0.15) is 0 Å². The van der Waals surface area contributed by atoms with E-state index in [1.807, 2.05) is 0 Å². The molecule has 0 fully saturated rings. The van der Waals surface area contributed by atoms with Crippen LogP contribution in [0.4, 0.5) is 5.69 Å². The molecule has 0 saturated heterocycles. The van der Waals surface area contributed by atoms with Crippen LogP contribution < -0.4 is 15.8 Å². The maximum atomic E-state index is 11.8. The van der Waals surface area contributed by atoms with E-state index >= 15 is 0 Å². The normalized spacial score (nSPS) is 9.67. The van der Waals surface area contributed by atoms with Gasteiger partial charge in [0.15, 0.2) is 0 Å². The van der Waals surface area contributed by atoms with Crippen molar-refractivity contribution in [3.63, 3.8) is 0 Å². The van der Waals surface area contributed by atoms with E-state index in [4.69, 9.17) is 10.5 Å². The standard InChI is InChI=1S/C12H16N2O4/c1-17-9-5-3-4-8(11(9)13)12(16)14-7-6-10(15)18-2/h3-5H,6-7,13H2,1-2H3,(H,14,16). The number of benzene rings is 1. The summed E-state index contributed by atoms with van der Waals surface area (Å²) in [5.74, 6) is -0.292. The molecule has 0 unspecified atom stereocenters. The molecule has 6 heteroatoms. The zero-order chi connectivity index (χ0) is 13.5. The van der Waals surface area contributed by atoms with Crippen LogP contribution in [0.3, 0.4) is 0 Å². The number of anilines is 1. The van der Waals surface area contributed by atoms with Crippen molar-refractivity contribution in [3.05, 3.63) is 23.8 Å². The third kappa shape index (κ3) is 3.38. The fourth-order valence-corrected chi connectivity index (χ4v) is 1.40. The van der Waals surface area contributed by atoms with E-state index < -0.39 is 0 Å². The highest BCUT2D eigenvalue weighted by atomic mass is 16.5. The van der Waals surface area contributed by atoms with Gasteiger partial charge in [-0.3, -0.25) is 9.59 Å². The lowest BCUT2D eigenvalue weighted by atomic mass is 10.1. The molecular formula is C12H16N2O4. The van der Waals surface area contributed by atoms with Crippen molar-refractivity contribution in [2.24, 2.45) is 0 Å². The molecule has 1 aromatic carbocycles. The quantitative estimate of drug-likeness (QED) is 0.590. The van der Waals surface area contributed by atoms with E-state index in [1.165, 1.54) is 14.2 Å². The Balaban J connectivity index is 2.64.